The van der Waals surface area contributed by atoms with Gasteiger partial charge >= 0.3 is 6.09 Å². The maximum atomic E-state index is 13.3. The van der Waals surface area contributed by atoms with E-state index in [0.29, 0.717) is 0 Å². The van der Waals surface area contributed by atoms with Crippen LogP contribution in [0.15, 0.2) is 59.5 Å². The fourth-order valence-corrected chi connectivity index (χ4v) is 4.35. The van der Waals surface area contributed by atoms with E-state index in [0.717, 1.165) is 11.1 Å². The van der Waals surface area contributed by atoms with Crippen LogP contribution in [-0.4, -0.2) is 37.4 Å². The Hall–Kier alpha value is -2.34. The van der Waals surface area contributed by atoms with Crippen LogP contribution in [0.2, 0.25) is 0 Å². The summed E-state index contributed by atoms with van der Waals surface area (Å²) >= 11 is 0. The maximum Gasteiger partial charge on any atom is 0.411 e. The average Bonchev–Trinajstić information content (AvgIpc) is 2.59. The van der Waals surface area contributed by atoms with Gasteiger partial charge in [-0.1, -0.05) is 48.0 Å². The number of rotatable bonds is 5. The summed E-state index contributed by atoms with van der Waals surface area (Å²) < 4.78 is 32.0. The van der Waals surface area contributed by atoms with Crippen LogP contribution in [0.25, 0.3) is 0 Å². The second kappa shape index (κ2) is 8.13. The predicted molar refractivity (Wildman–Crippen MR) is 106 cm³/mol. The lowest BCUT2D eigenvalue weighted by Gasteiger charge is -2.30. The van der Waals surface area contributed by atoms with Gasteiger partial charge in [0.2, 0.25) is 0 Å². The van der Waals surface area contributed by atoms with E-state index in [2.05, 4.69) is 0 Å². The molecule has 1 amide bonds. The number of benzene rings is 2. The summed E-state index contributed by atoms with van der Waals surface area (Å²) in [5, 5.41) is -1.07. The molecule has 1 atom stereocenters. The van der Waals surface area contributed by atoms with E-state index in [4.69, 9.17) is 4.74 Å². The molecule has 1 unspecified atom stereocenters. The third-order valence-corrected chi connectivity index (χ3v) is 6.20. The van der Waals surface area contributed by atoms with Crippen molar-refractivity contribution < 1.29 is 17.9 Å². The molecule has 0 aromatic heterocycles. The lowest BCUT2D eigenvalue weighted by atomic mass is 10.1. The van der Waals surface area contributed by atoms with E-state index >= 15 is 0 Å². The maximum absolute atomic E-state index is 13.3. The fraction of sp³-hybridized carbons (Fsp3) is 0.381. The smallest absolute Gasteiger partial charge is 0.411 e. The molecule has 6 heteroatoms. The largest absolute Gasteiger partial charge is 0.444 e. The highest BCUT2D eigenvalue weighted by atomic mass is 32.2. The zero-order valence-electron chi connectivity index (χ0n) is 16.5. The van der Waals surface area contributed by atoms with Crippen LogP contribution in [0.3, 0.4) is 0 Å². The molecule has 0 radical (unpaired) electrons. The number of likely N-dealkylation sites (N-methyl/N-ethyl adjacent to an activating group) is 1. The summed E-state index contributed by atoms with van der Waals surface area (Å²) in [7, 11) is -2.33. The molecule has 0 aliphatic carbocycles. The number of carbonyl (C=O) groups excluding carboxylic acids is 1. The first-order valence-electron chi connectivity index (χ1n) is 8.81. The second-order valence-electron chi connectivity index (χ2n) is 7.59. The van der Waals surface area contributed by atoms with Gasteiger partial charge in [0.25, 0.3) is 0 Å². The second-order valence-corrected chi connectivity index (χ2v) is 9.70. The number of carbonyl (C=O) groups is 1. The van der Waals surface area contributed by atoms with Gasteiger partial charge in [-0.2, -0.15) is 0 Å². The van der Waals surface area contributed by atoms with Gasteiger partial charge < -0.3 is 4.74 Å². The summed E-state index contributed by atoms with van der Waals surface area (Å²) in [6.45, 7) is 7.14. The monoisotopic (exact) mass is 389 g/mol. The van der Waals surface area contributed by atoms with E-state index in [-0.39, 0.29) is 11.3 Å². The van der Waals surface area contributed by atoms with Crippen LogP contribution < -0.4 is 0 Å². The van der Waals surface area contributed by atoms with E-state index in [1.807, 2.05) is 37.3 Å². The molecule has 2 aromatic rings. The number of hydrogen-bond donors (Lipinski definition) is 0. The molecular weight excluding hydrogens is 362 g/mol. The van der Waals surface area contributed by atoms with Gasteiger partial charge in [-0.3, -0.25) is 4.90 Å². The molecule has 2 rings (SSSR count). The van der Waals surface area contributed by atoms with E-state index in [1.165, 1.54) is 11.9 Å². The van der Waals surface area contributed by atoms with Gasteiger partial charge in [0, 0.05) is 13.5 Å². The molecule has 0 N–H and O–H groups in total. The van der Waals surface area contributed by atoms with Crippen molar-refractivity contribution in [2.75, 3.05) is 7.05 Å². The summed E-state index contributed by atoms with van der Waals surface area (Å²) in [4.78, 5) is 13.9. The van der Waals surface area contributed by atoms with Crippen molar-refractivity contribution in [3.05, 3.63) is 65.7 Å². The van der Waals surface area contributed by atoms with Crippen molar-refractivity contribution in [1.29, 1.82) is 0 Å². The van der Waals surface area contributed by atoms with Gasteiger partial charge in [0.15, 0.2) is 9.84 Å². The van der Waals surface area contributed by atoms with Gasteiger partial charge in [0.05, 0.1) is 4.90 Å². The molecule has 146 valence electrons. The third-order valence-electron chi connectivity index (χ3n) is 4.07. The van der Waals surface area contributed by atoms with E-state index in [9.17, 15) is 13.2 Å². The van der Waals surface area contributed by atoms with Gasteiger partial charge in [-0.05, 0) is 45.4 Å². The Morgan fingerprint density at radius 2 is 1.59 bits per heavy atom. The van der Waals surface area contributed by atoms with Crippen LogP contribution in [0, 0.1) is 6.92 Å². The van der Waals surface area contributed by atoms with Crippen LogP contribution in [0.4, 0.5) is 4.79 Å². The Morgan fingerprint density at radius 3 is 2.11 bits per heavy atom. The highest BCUT2D eigenvalue weighted by Gasteiger charge is 2.35. The van der Waals surface area contributed by atoms with E-state index < -0.39 is 26.9 Å². The molecule has 0 aliphatic heterocycles. The molecule has 0 fully saturated rings. The quantitative estimate of drug-likeness (QED) is 0.769. The summed E-state index contributed by atoms with van der Waals surface area (Å²) in [6.07, 6.45) is -0.494. The number of aryl methyl sites for hydroxylation is 1. The van der Waals surface area contributed by atoms with Crippen molar-refractivity contribution >= 4 is 15.9 Å². The minimum Gasteiger partial charge on any atom is -0.444 e. The highest BCUT2D eigenvalue weighted by molar-refractivity contribution is 7.92. The Morgan fingerprint density at radius 1 is 1.04 bits per heavy atom. The van der Waals surface area contributed by atoms with Crippen molar-refractivity contribution in [2.45, 2.75) is 50.0 Å². The Kier molecular flexibility index (Phi) is 6.31. The first-order valence-corrected chi connectivity index (χ1v) is 10.4. The topological polar surface area (TPSA) is 63.7 Å². The third kappa shape index (κ3) is 5.57. The Balaban J connectivity index is 2.42. The molecule has 0 saturated carbocycles. The van der Waals surface area contributed by atoms with Crippen molar-refractivity contribution in [1.82, 2.24) is 4.90 Å². The fourth-order valence-electron chi connectivity index (χ4n) is 2.61. The number of amides is 1. The van der Waals surface area contributed by atoms with Gasteiger partial charge in [0.1, 0.15) is 11.0 Å². The zero-order chi connectivity index (χ0) is 20.2. The van der Waals surface area contributed by atoms with Crippen molar-refractivity contribution in [2.24, 2.45) is 0 Å². The molecule has 2 aromatic carbocycles. The number of ether oxygens (including phenoxy) is 1. The zero-order valence-corrected chi connectivity index (χ0v) is 17.3. The molecule has 0 saturated heterocycles. The summed E-state index contributed by atoms with van der Waals surface area (Å²) in [5.41, 5.74) is 1.08. The first kappa shape index (κ1) is 21.0. The molecule has 27 heavy (non-hydrogen) atoms. The predicted octanol–water partition coefficient (Wildman–Crippen LogP) is 4.20. The lowest BCUT2D eigenvalue weighted by Crippen LogP contribution is -2.46. The molecule has 5 nitrogen and oxygen atoms in total. The molecular formula is C21H27NO4S. The summed E-state index contributed by atoms with van der Waals surface area (Å²) in [5.74, 6) is 0. The SMILES string of the molecule is Cc1ccc(S(=O)(=O)C(Cc2ccccc2)N(C)C(=O)OC(C)(C)C)cc1. The minimum atomic E-state index is -3.79. The van der Waals surface area contributed by atoms with Crippen LogP contribution in [0.1, 0.15) is 31.9 Å². The minimum absolute atomic E-state index is 0.173. The standard InChI is InChI=1S/C21H27NO4S/c1-16-11-13-18(14-12-16)27(24,25)19(15-17-9-7-6-8-10-17)22(5)20(23)26-21(2,3)4/h6-14,19H,15H2,1-5H3. The molecule has 0 heterocycles. The molecule has 0 bridgehead atoms. The molecule has 0 spiro atoms. The lowest BCUT2D eigenvalue weighted by molar-refractivity contribution is 0.0274. The normalized spacial score (nSPS) is 13.1. The highest BCUT2D eigenvalue weighted by Crippen LogP contribution is 2.24. The Bertz CT molecular complexity index is 869. The number of hydrogen-bond acceptors (Lipinski definition) is 4. The average molecular weight is 390 g/mol. The number of sulfone groups is 1. The van der Waals surface area contributed by atoms with E-state index in [1.54, 1.807) is 45.0 Å². The van der Waals surface area contributed by atoms with Crippen LogP contribution in [0.5, 0.6) is 0 Å². The first-order chi connectivity index (χ1) is 12.5. The van der Waals surface area contributed by atoms with Crippen LogP contribution in [-0.2, 0) is 21.0 Å². The van der Waals surface area contributed by atoms with Gasteiger partial charge in [-0.25, -0.2) is 13.2 Å². The Labute approximate surface area is 161 Å². The number of nitrogens with zero attached hydrogens (tertiary/aromatic N) is 1. The van der Waals surface area contributed by atoms with Crippen LogP contribution >= 0.6 is 0 Å². The molecule has 0 aliphatic rings. The summed E-state index contributed by atoms with van der Waals surface area (Å²) in [6, 6.07) is 15.9. The van der Waals surface area contributed by atoms with Gasteiger partial charge in [-0.15, -0.1) is 0 Å². The van der Waals surface area contributed by atoms with Crippen molar-refractivity contribution in [3.63, 3.8) is 0 Å². The van der Waals surface area contributed by atoms with Crippen molar-refractivity contribution in [3.8, 4) is 0 Å².